The second-order valence-electron chi connectivity index (χ2n) is 15.1. The number of aromatic nitrogens is 4. The highest BCUT2D eigenvalue weighted by molar-refractivity contribution is 6.39. The standard InChI is InChI=1S/C25H22ClN3O4.C24H19Cl2N3O4/c1-14-4-6-17(10-15(14)2)27-25(31)16-5-9-21-22(11-16)29-24(28-21)19-8-7-18(12-20(19)26)33-13-23(30)32-3;1-12-3-5-15(7-13(12)2)27-24(32)14-4-6-19-20(8-14)29-23(28-19)22-17(25)9-16(10-18(22)26)33-11-21(30)31/h4-12H,13H2,1-3H3,(H,27,31)(H,28,29);3-10H,11H2,1-2H3,(H,27,32)(H,28,29)(H,30,31). The molecule has 14 nitrogen and oxygen atoms in total. The molecule has 0 atom stereocenters. The number of halogens is 3. The van der Waals surface area contributed by atoms with Crippen LogP contribution in [0.5, 0.6) is 11.5 Å². The number of aryl methyl sites for hydroxylation is 4. The van der Waals surface area contributed by atoms with Crippen LogP contribution in [0.4, 0.5) is 11.4 Å². The van der Waals surface area contributed by atoms with E-state index >= 15 is 0 Å². The van der Waals surface area contributed by atoms with Gasteiger partial charge in [-0.25, -0.2) is 19.6 Å². The molecule has 0 unspecified atom stereocenters. The van der Waals surface area contributed by atoms with E-state index in [0.717, 1.165) is 28.1 Å². The van der Waals surface area contributed by atoms with Gasteiger partial charge in [-0.1, -0.05) is 46.9 Å². The molecule has 0 aliphatic rings. The monoisotopic (exact) mass is 946 g/mol. The number of esters is 1. The highest BCUT2D eigenvalue weighted by atomic mass is 35.5. The van der Waals surface area contributed by atoms with Crippen molar-refractivity contribution in [1.82, 2.24) is 19.9 Å². The summed E-state index contributed by atoms with van der Waals surface area (Å²) >= 11 is 19.2. The van der Waals surface area contributed by atoms with Crippen molar-refractivity contribution in [1.29, 1.82) is 0 Å². The summed E-state index contributed by atoms with van der Waals surface area (Å²) < 4.78 is 15.1. The van der Waals surface area contributed by atoms with Crippen LogP contribution >= 0.6 is 34.8 Å². The number of carbonyl (C=O) groups is 4. The number of rotatable bonds is 12. The zero-order chi connectivity index (χ0) is 47.2. The lowest BCUT2D eigenvalue weighted by Gasteiger charge is -2.08. The van der Waals surface area contributed by atoms with E-state index in [0.29, 0.717) is 66.7 Å². The van der Waals surface area contributed by atoms with Gasteiger partial charge in [0.15, 0.2) is 13.2 Å². The summed E-state index contributed by atoms with van der Waals surface area (Å²) in [5, 5.41) is 15.5. The van der Waals surface area contributed by atoms with Gasteiger partial charge in [0.2, 0.25) is 0 Å². The number of aromatic amines is 2. The summed E-state index contributed by atoms with van der Waals surface area (Å²) in [5.41, 5.74) is 10.7. The van der Waals surface area contributed by atoms with Gasteiger partial charge in [-0.05, 0) is 141 Å². The van der Waals surface area contributed by atoms with E-state index in [1.807, 2.05) is 64.1 Å². The number of benzene rings is 6. The number of imidazole rings is 2. The molecule has 0 fully saturated rings. The van der Waals surface area contributed by atoms with E-state index in [1.54, 1.807) is 54.6 Å². The summed E-state index contributed by atoms with van der Waals surface area (Å²) in [6.45, 7) is 7.32. The fourth-order valence-electron chi connectivity index (χ4n) is 6.58. The van der Waals surface area contributed by atoms with Gasteiger partial charge in [0.05, 0.1) is 49.8 Å². The van der Waals surface area contributed by atoms with Crippen molar-refractivity contribution in [2.75, 3.05) is 31.0 Å². The van der Waals surface area contributed by atoms with Gasteiger partial charge in [0.25, 0.3) is 11.8 Å². The fourth-order valence-corrected chi connectivity index (χ4v) is 7.48. The van der Waals surface area contributed by atoms with Crippen LogP contribution in [0.1, 0.15) is 43.0 Å². The lowest BCUT2D eigenvalue weighted by molar-refractivity contribution is -0.143. The van der Waals surface area contributed by atoms with E-state index in [4.69, 9.17) is 49.4 Å². The topological polar surface area (TPSA) is 198 Å². The number of methoxy groups -OCH3 is 1. The quantitative estimate of drug-likeness (QED) is 0.0735. The molecule has 0 aliphatic heterocycles. The number of carboxylic acid groups (broad SMARTS) is 1. The predicted molar refractivity (Wildman–Crippen MR) is 256 cm³/mol. The summed E-state index contributed by atoms with van der Waals surface area (Å²) in [7, 11) is 1.29. The molecule has 8 aromatic rings. The van der Waals surface area contributed by atoms with Gasteiger partial charge >= 0.3 is 11.9 Å². The maximum absolute atomic E-state index is 12.7. The van der Waals surface area contributed by atoms with E-state index < -0.39 is 18.5 Å². The minimum atomic E-state index is -1.11. The number of carbonyl (C=O) groups excluding carboxylic acids is 3. The average molecular weight is 948 g/mol. The Morgan fingerprint density at radius 1 is 0.576 bits per heavy atom. The number of ether oxygens (including phenoxy) is 3. The van der Waals surface area contributed by atoms with Crippen LogP contribution in [0, 0.1) is 27.7 Å². The molecule has 5 N–H and O–H groups in total. The van der Waals surface area contributed by atoms with Crippen LogP contribution in [0.15, 0.2) is 103 Å². The molecule has 2 heterocycles. The summed E-state index contributed by atoms with van der Waals surface area (Å²) in [6, 6.07) is 29.9. The second kappa shape index (κ2) is 20.2. The Morgan fingerprint density at radius 3 is 1.58 bits per heavy atom. The number of nitrogens with one attached hydrogen (secondary N) is 4. The first-order chi connectivity index (χ1) is 31.5. The van der Waals surface area contributed by atoms with Gasteiger partial charge in [-0.2, -0.15) is 0 Å². The third kappa shape index (κ3) is 11.1. The number of amides is 2. The van der Waals surface area contributed by atoms with Gasteiger partial charge in [0.1, 0.15) is 23.1 Å². The van der Waals surface area contributed by atoms with Gasteiger partial charge in [-0.15, -0.1) is 0 Å². The van der Waals surface area contributed by atoms with Crippen molar-refractivity contribution in [3.8, 4) is 34.3 Å². The Bertz CT molecular complexity index is 3160. The number of H-pyrrole nitrogens is 2. The highest BCUT2D eigenvalue weighted by Gasteiger charge is 2.18. The Labute approximate surface area is 393 Å². The molecule has 66 heavy (non-hydrogen) atoms. The van der Waals surface area contributed by atoms with Crippen LogP contribution in [-0.2, 0) is 14.3 Å². The molecule has 0 radical (unpaired) electrons. The molecule has 2 amide bonds. The molecule has 0 aliphatic carbocycles. The molecule has 0 spiro atoms. The Balaban J connectivity index is 0.000000196. The van der Waals surface area contributed by atoms with Gasteiger partial charge in [-0.3, -0.25) is 9.59 Å². The zero-order valence-corrected chi connectivity index (χ0v) is 38.3. The van der Waals surface area contributed by atoms with Crippen LogP contribution in [0.2, 0.25) is 15.1 Å². The van der Waals surface area contributed by atoms with Crippen molar-refractivity contribution >= 4 is 92.0 Å². The first kappa shape index (κ1) is 46.6. The second-order valence-corrected chi connectivity index (χ2v) is 16.3. The molecule has 0 saturated carbocycles. The normalized spacial score (nSPS) is 10.8. The number of aliphatic carboxylic acids is 1. The van der Waals surface area contributed by atoms with Crippen LogP contribution in [-0.4, -0.2) is 69.1 Å². The largest absolute Gasteiger partial charge is 0.482 e. The first-order valence-electron chi connectivity index (χ1n) is 20.2. The SMILES string of the molecule is COC(=O)COc1ccc(-c2nc3ccc(C(=O)Nc4ccc(C)c(C)c4)cc3[nH]2)c(Cl)c1.Cc1ccc(NC(=O)c2ccc3nc(-c4c(Cl)cc(OCC(=O)O)cc4Cl)[nH]c3c2)cc1C. The van der Waals surface area contributed by atoms with Crippen molar-refractivity contribution in [2.24, 2.45) is 0 Å². The van der Waals surface area contributed by atoms with Crippen LogP contribution in [0.25, 0.3) is 44.8 Å². The molecular formula is C49H41Cl3N6O8. The number of nitrogens with zero attached hydrogens (tertiary/aromatic N) is 2. The van der Waals surface area contributed by atoms with Crippen molar-refractivity contribution < 1.29 is 38.5 Å². The summed E-state index contributed by atoms with van der Waals surface area (Å²) in [6.07, 6.45) is 0. The molecule has 17 heteroatoms. The molecular weight excluding hydrogens is 907 g/mol. The third-order valence-electron chi connectivity index (χ3n) is 10.4. The molecule has 336 valence electrons. The Hall–Kier alpha value is -7.39. The number of hydrogen-bond acceptors (Lipinski definition) is 9. The number of anilines is 2. The van der Waals surface area contributed by atoms with E-state index in [1.165, 1.54) is 24.8 Å². The minimum absolute atomic E-state index is 0.205. The average Bonchev–Trinajstić information content (AvgIpc) is 3.91. The zero-order valence-electron chi connectivity index (χ0n) is 36.1. The number of fused-ring (bicyclic) bond motifs is 2. The smallest absolute Gasteiger partial charge is 0.343 e. The van der Waals surface area contributed by atoms with Crippen LogP contribution < -0.4 is 20.1 Å². The summed E-state index contributed by atoms with van der Waals surface area (Å²) in [4.78, 5) is 62.9. The van der Waals surface area contributed by atoms with E-state index in [-0.39, 0.29) is 34.2 Å². The van der Waals surface area contributed by atoms with Crippen molar-refractivity contribution in [2.45, 2.75) is 27.7 Å². The molecule has 2 aromatic heterocycles. The molecule has 8 rings (SSSR count). The predicted octanol–water partition coefficient (Wildman–Crippen LogP) is 11.2. The maximum Gasteiger partial charge on any atom is 0.343 e. The van der Waals surface area contributed by atoms with E-state index in [9.17, 15) is 19.2 Å². The van der Waals surface area contributed by atoms with Crippen molar-refractivity contribution in [3.05, 3.63) is 152 Å². The van der Waals surface area contributed by atoms with Gasteiger partial charge < -0.3 is 39.9 Å². The van der Waals surface area contributed by atoms with Gasteiger partial charge in [0, 0.05) is 28.1 Å². The number of carboxylic acids is 1. The van der Waals surface area contributed by atoms with E-state index in [2.05, 4.69) is 35.3 Å². The molecule has 6 aromatic carbocycles. The Morgan fingerprint density at radius 2 is 1.08 bits per heavy atom. The lowest BCUT2D eigenvalue weighted by Crippen LogP contribution is -2.12. The van der Waals surface area contributed by atoms with Crippen LogP contribution in [0.3, 0.4) is 0 Å². The fraction of sp³-hybridized carbons (Fsp3) is 0.143. The van der Waals surface area contributed by atoms with Crippen molar-refractivity contribution in [3.63, 3.8) is 0 Å². The highest BCUT2D eigenvalue weighted by Crippen LogP contribution is 2.38. The first-order valence-corrected chi connectivity index (χ1v) is 21.3. The minimum Gasteiger partial charge on any atom is -0.482 e. The lowest BCUT2D eigenvalue weighted by atomic mass is 10.1. The molecule has 0 saturated heterocycles. The summed E-state index contributed by atoms with van der Waals surface area (Å²) in [5.74, 6) is -0.398. The third-order valence-corrected chi connectivity index (χ3v) is 11.3. The maximum atomic E-state index is 12.7. The number of hydrogen-bond donors (Lipinski definition) is 5. The Kier molecular flexibility index (Phi) is 14.3. The molecule has 0 bridgehead atoms.